The molecule has 0 unspecified atom stereocenters. The number of anilines is 1. The average molecular weight is 393 g/mol. The van der Waals surface area contributed by atoms with Crippen molar-refractivity contribution in [3.8, 4) is 0 Å². The minimum absolute atomic E-state index is 0.0519. The molecule has 0 saturated heterocycles. The number of rotatable bonds is 5. The van der Waals surface area contributed by atoms with Crippen molar-refractivity contribution < 1.29 is 22.8 Å². The van der Waals surface area contributed by atoms with E-state index in [4.69, 9.17) is 0 Å². The standard InChI is InChI=1S/C20H22F3N3O2/c1-11(2)18(27)26-17-9-15(8-12(3)25-17)19(28)24-10-14-6-5-7-16(13(14)4)20(21,22)23/h5-9,11H,10H2,1-4H3,(H,24,28)(H,25,26,27). The van der Waals surface area contributed by atoms with E-state index < -0.39 is 17.6 Å². The van der Waals surface area contributed by atoms with Crippen LogP contribution in [-0.2, 0) is 17.5 Å². The first-order valence-corrected chi connectivity index (χ1v) is 8.72. The van der Waals surface area contributed by atoms with Crippen LogP contribution in [0.4, 0.5) is 19.0 Å². The molecule has 0 radical (unpaired) electrons. The third-order valence-electron chi connectivity index (χ3n) is 4.18. The summed E-state index contributed by atoms with van der Waals surface area (Å²) in [5.41, 5.74) is 0.518. The first-order chi connectivity index (χ1) is 13.0. The number of carbonyl (C=O) groups is 2. The van der Waals surface area contributed by atoms with Crippen molar-refractivity contribution in [1.29, 1.82) is 0 Å². The Morgan fingerprint density at radius 1 is 1.14 bits per heavy atom. The molecule has 1 heterocycles. The largest absolute Gasteiger partial charge is 0.416 e. The maximum Gasteiger partial charge on any atom is 0.416 e. The van der Waals surface area contributed by atoms with Gasteiger partial charge < -0.3 is 10.6 Å². The molecule has 0 saturated carbocycles. The van der Waals surface area contributed by atoms with E-state index in [1.165, 1.54) is 25.1 Å². The smallest absolute Gasteiger partial charge is 0.348 e. The third kappa shape index (κ3) is 5.31. The number of nitrogens with one attached hydrogen (secondary N) is 2. The molecule has 0 fully saturated rings. The van der Waals surface area contributed by atoms with E-state index in [0.29, 0.717) is 11.3 Å². The van der Waals surface area contributed by atoms with Crippen LogP contribution in [0.1, 0.15) is 46.6 Å². The zero-order chi connectivity index (χ0) is 21.1. The number of carbonyl (C=O) groups excluding carboxylic acids is 2. The fourth-order valence-corrected chi connectivity index (χ4v) is 2.59. The van der Waals surface area contributed by atoms with Crippen LogP contribution in [-0.4, -0.2) is 16.8 Å². The topological polar surface area (TPSA) is 71.1 Å². The summed E-state index contributed by atoms with van der Waals surface area (Å²) in [5, 5.41) is 5.25. The molecule has 0 aliphatic carbocycles. The molecule has 0 spiro atoms. The zero-order valence-electron chi connectivity index (χ0n) is 16.1. The molecular weight excluding hydrogens is 371 g/mol. The van der Waals surface area contributed by atoms with Crippen LogP contribution in [0.25, 0.3) is 0 Å². The highest BCUT2D eigenvalue weighted by Gasteiger charge is 2.32. The SMILES string of the molecule is Cc1cc(C(=O)NCc2cccc(C(F)(F)F)c2C)cc(NC(=O)C(C)C)n1. The molecule has 0 aliphatic rings. The number of pyridine rings is 1. The lowest BCUT2D eigenvalue weighted by molar-refractivity contribution is -0.138. The third-order valence-corrected chi connectivity index (χ3v) is 4.18. The molecular formula is C20H22F3N3O2. The van der Waals surface area contributed by atoms with E-state index in [1.54, 1.807) is 26.8 Å². The Morgan fingerprint density at radius 2 is 1.82 bits per heavy atom. The van der Waals surface area contributed by atoms with Crippen LogP contribution in [0.2, 0.25) is 0 Å². The lowest BCUT2D eigenvalue weighted by Crippen LogP contribution is -2.25. The molecule has 8 heteroatoms. The quantitative estimate of drug-likeness (QED) is 0.798. The summed E-state index contributed by atoms with van der Waals surface area (Å²) in [6.45, 7) is 6.47. The number of benzene rings is 1. The minimum atomic E-state index is -4.45. The molecule has 2 N–H and O–H groups in total. The normalized spacial score (nSPS) is 11.4. The van der Waals surface area contributed by atoms with E-state index in [2.05, 4.69) is 15.6 Å². The Morgan fingerprint density at radius 3 is 2.43 bits per heavy atom. The lowest BCUT2D eigenvalue weighted by atomic mass is 10.0. The summed E-state index contributed by atoms with van der Waals surface area (Å²) >= 11 is 0. The van der Waals surface area contributed by atoms with Gasteiger partial charge in [-0.15, -0.1) is 0 Å². The molecule has 150 valence electrons. The van der Waals surface area contributed by atoms with Crippen LogP contribution in [0.15, 0.2) is 30.3 Å². The van der Waals surface area contributed by atoms with Crippen molar-refractivity contribution >= 4 is 17.6 Å². The second-order valence-electron chi connectivity index (χ2n) is 6.80. The van der Waals surface area contributed by atoms with Crippen molar-refractivity contribution in [2.45, 2.75) is 40.4 Å². The predicted octanol–water partition coefficient (Wildman–Crippen LogP) is 4.24. The second kappa shape index (κ2) is 8.41. The monoisotopic (exact) mass is 393 g/mol. The summed E-state index contributed by atoms with van der Waals surface area (Å²) in [6.07, 6.45) is -4.45. The van der Waals surface area contributed by atoms with Crippen molar-refractivity contribution in [3.05, 3.63) is 58.3 Å². The summed E-state index contributed by atoms with van der Waals surface area (Å²) in [4.78, 5) is 28.5. The summed E-state index contributed by atoms with van der Waals surface area (Å²) in [7, 11) is 0. The van der Waals surface area contributed by atoms with Crippen molar-refractivity contribution in [2.75, 3.05) is 5.32 Å². The van der Waals surface area contributed by atoms with Crippen LogP contribution in [0.3, 0.4) is 0 Å². The molecule has 5 nitrogen and oxygen atoms in total. The van der Waals surface area contributed by atoms with Gasteiger partial charge in [-0.1, -0.05) is 26.0 Å². The Balaban J connectivity index is 2.16. The second-order valence-corrected chi connectivity index (χ2v) is 6.80. The molecule has 0 atom stereocenters. The van der Waals surface area contributed by atoms with Crippen molar-refractivity contribution in [2.24, 2.45) is 5.92 Å². The van der Waals surface area contributed by atoms with Gasteiger partial charge in [0.1, 0.15) is 5.82 Å². The van der Waals surface area contributed by atoms with E-state index in [-0.39, 0.29) is 35.3 Å². The van der Waals surface area contributed by atoms with Gasteiger partial charge in [-0.3, -0.25) is 9.59 Å². The highest BCUT2D eigenvalue weighted by Crippen LogP contribution is 2.32. The van der Waals surface area contributed by atoms with Gasteiger partial charge in [0.2, 0.25) is 5.91 Å². The number of aromatic nitrogens is 1. The molecule has 2 aromatic rings. The van der Waals surface area contributed by atoms with Gasteiger partial charge in [-0.05, 0) is 43.2 Å². The van der Waals surface area contributed by atoms with Gasteiger partial charge in [-0.25, -0.2) is 4.98 Å². The molecule has 0 bridgehead atoms. The molecule has 1 aromatic carbocycles. The number of hydrogen-bond donors (Lipinski definition) is 2. The first-order valence-electron chi connectivity index (χ1n) is 8.72. The maximum absolute atomic E-state index is 13.0. The predicted molar refractivity (Wildman–Crippen MR) is 99.8 cm³/mol. The van der Waals surface area contributed by atoms with Crippen LogP contribution in [0.5, 0.6) is 0 Å². The number of alkyl halides is 3. The van der Waals surface area contributed by atoms with E-state index in [9.17, 15) is 22.8 Å². The summed E-state index contributed by atoms with van der Waals surface area (Å²) in [5.74, 6) is -0.700. The van der Waals surface area contributed by atoms with Gasteiger partial charge in [0.05, 0.1) is 5.56 Å². The van der Waals surface area contributed by atoms with Crippen molar-refractivity contribution in [1.82, 2.24) is 10.3 Å². The molecule has 1 aromatic heterocycles. The van der Waals surface area contributed by atoms with E-state index >= 15 is 0 Å². The van der Waals surface area contributed by atoms with E-state index in [1.807, 2.05) is 0 Å². The highest BCUT2D eigenvalue weighted by molar-refractivity contribution is 5.97. The fraction of sp³-hybridized carbons (Fsp3) is 0.350. The number of amides is 2. The van der Waals surface area contributed by atoms with Crippen LogP contribution < -0.4 is 10.6 Å². The Bertz CT molecular complexity index is 893. The highest BCUT2D eigenvalue weighted by atomic mass is 19.4. The van der Waals surface area contributed by atoms with E-state index in [0.717, 1.165) is 6.07 Å². The first kappa shape index (κ1) is 21.4. The number of aryl methyl sites for hydroxylation is 1. The van der Waals surface area contributed by atoms with Gasteiger partial charge in [-0.2, -0.15) is 13.2 Å². The van der Waals surface area contributed by atoms with Gasteiger partial charge in [0.15, 0.2) is 0 Å². The van der Waals surface area contributed by atoms with Crippen LogP contribution >= 0.6 is 0 Å². The Kier molecular flexibility index (Phi) is 6.43. The molecule has 0 aliphatic heterocycles. The lowest BCUT2D eigenvalue weighted by Gasteiger charge is -2.15. The number of halogens is 3. The number of nitrogens with zero attached hydrogens (tertiary/aromatic N) is 1. The number of hydrogen-bond acceptors (Lipinski definition) is 3. The minimum Gasteiger partial charge on any atom is -0.348 e. The molecule has 2 amide bonds. The van der Waals surface area contributed by atoms with Crippen molar-refractivity contribution in [3.63, 3.8) is 0 Å². The summed E-state index contributed by atoms with van der Waals surface area (Å²) in [6, 6.07) is 6.84. The zero-order valence-corrected chi connectivity index (χ0v) is 16.1. The van der Waals surface area contributed by atoms with Gasteiger partial charge in [0, 0.05) is 23.7 Å². The van der Waals surface area contributed by atoms with Crippen LogP contribution in [0, 0.1) is 19.8 Å². The Hall–Kier alpha value is -2.90. The molecule has 28 heavy (non-hydrogen) atoms. The van der Waals surface area contributed by atoms with Gasteiger partial charge in [0.25, 0.3) is 5.91 Å². The average Bonchev–Trinajstić information content (AvgIpc) is 2.58. The summed E-state index contributed by atoms with van der Waals surface area (Å²) < 4.78 is 39.0. The maximum atomic E-state index is 13.0. The Labute approximate surface area is 161 Å². The van der Waals surface area contributed by atoms with Gasteiger partial charge >= 0.3 is 6.18 Å². The molecule has 2 rings (SSSR count). The fourth-order valence-electron chi connectivity index (χ4n) is 2.59.